The molecule has 11 heteroatoms. The number of thioether (sulfide) groups is 1. The van der Waals surface area contributed by atoms with Crippen molar-refractivity contribution in [3.05, 3.63) is 99.3 Å². The van der Waals surface area contributed by atoms with Crippen molar-refractivity contribution in [2.75, 3.05) is 19.0 Å². The van der Waals surface area contributed by atoms with Crippen LogP contribution in [0.2, 0.25) is 5.02 Å². The van der Waals surface area contributed by atoms with Crippen molar-refractivity contribution in [2.24, 2.45) is 0 Å². The molecule has 1 aromatic heterocycles. The first kappa shape index (κ1) is 27.7. The zero-order valence-electron chi connectivity index (χ0n) is 20.3. The first-order valence-electron chi connectivity index (χ1n) is 11.5. The minimum Gasteiger partial charge on any atom is -0.383 e. The Bertz CT molecular complexity index is 1510. The number of aromatic nitrogens is 2. The van der Waals surface area contributed by atoms with E-state index in [1.807, 2.05) is 0 Å². The summed E-state index contributed by atoms with van der Waals surface area (Å²) in [5.74, 6) is -0.629. The molecule has 0 radical (unpaired) electrons. The molecule has 0 unspecified atom stereocenters. The summed E-state index contributed by atoms with van der Waals surface area (Å²) in [4.78, 5) is 31.7. The molecular formula is C27H23ClF3N3O3S. The van der Waals surface area contributed by atoms with Crippen molar-refractivity contribution in [2.45, 2.75) is 29.5 Å². The van der Waals surface area contributed by atoms with E-state index in [4.69, 9.17) is 16.3 Å². The van der Waals surface area contributed by atoms with E-state index >= 15 is 0 Å². The molecular weight excluding hydrogens is 539 g/mol. The van der Waals surface area contributed by atoms with Crippen LogP contribution < -0.4 is 10.9 Å². The van der Waals surface area contributed by atoms with Crippen molar-refractivity contribution < 1.29 is 22.7 Å². The number of amides is 1. The monoisotopic (exact) mass is 561 g/mol. The zero-order valence-corrected chi connectivity index (χ0v) is 21.9. The van der Waals surface area contributed by atoms with Gasteiger partial charge in [-0.05, 0) is 42.8 Å². The summed E-state index contributed by atoms with van der Waals surface area (Å²) in [5, 5.41) is 2.19. The summed E-state index contributed by atoms with van der Waals surface area (Å²) < 4.78 is 46.6. The molecule has 198 valence electrons. The Balaban J connectivity index is 1.79. The Morgan fingerprint density at radius 2 is 1.79 bits per heavy atom. The van der Waals surface area contributed by atoms with Gasteiger partial charge in [0.2, 0.25) is 5.91 Å². The van der Waals surface area contributed by atoms with Gasteiger partial charge in [0.05, 0.1) is 39.8 Å². The van der Waals surface area contributed by atoms with E-state index in [0.717, 1.165) is 30.0 Å². The number of hydrogen-bond donors (Lipinski definition) is 1. The number of para-hydroxylation sites is 1. The Morgan fingerprint density at radius 3 is 2.47 bits per heavy atom. The Kier molecular flexibility index (Phi) is 8.44. The summed E-state index contributed by atoms with van der Waals surface area (Å²) in [5.41, 5.74) is -0.402. The van der Waals surface area contributed by atoms with Crippen LogP contribution in [0.4, 0.5) is 18.9 Å². The van der Waals surface area contributed by atoms with Crippen LogP contribution in [0.1, 0.15) is 29.3 Å². The van der Waals surface area contributed by atoms with Gasteiger partial charge in [-0.2, -0.15) is 13.2 Å². The largest absolute Gasteiger partial charge is 0.416 e. The number of halogens is 4. The molecule has 1 amide bonds. The van der Waals surface area contributed by atoms with Gasteiger partial charge in [-0.15, -0.1) is 0 Å². The molecule has 0 bridgehead atoms. The number of hydrogen-bond acceptors (Lipinski definition) is 5. The van der Waals surface area contributed by atoms with E-state index < -0.39 is 28.9 Å². The molecule has 0 spiro atoms. The Labute approximate surface area is 225 Å². The second-order valence-electron chi connectivity index (χ2n) is 8.48. The number of nitrogens with zero attached hydrogens (tertiary/aromatic N) is 2. The number of carbonyl (C=O) groups excluding carboxylic acids is 1. The lowest BCUT2D eigenvalue weighted by Crippen LogP contribution is -2.29. The van der Waals surface area contributed by atoms with E-state index in [0.29, 0.717) is 16.5 Å². The third kappa shape index (κ3) is 6.03. The second kappa shape index (κ2) is 11.6. The summed E-state index contributed by atoms with van der Waals surface area (Å²) in [6.07, 6.45) is -4.61. The van der Waals surface area contributed by atoms with Gasteiger partial charge in [0.1, 0.15) is 5.25 Å². The molecule has 1 N–H and O–H groups in total. The highest BCUT2D eigenvalue weighted by molar-refractivity contribution is 8.00. The predicted octanol–water partition coefficient (Wildman–Crippen LogP) is 6.75. The first-order chi connectivity index (χ1) is 18.1. The lowest BCUT2D eigenvalue weighted by atomic mass is 10.1. The topological polar surface area (TPSA) is 73.2 Å². The molecule has 0 aliphatic heterocycles. The summed E-state index contributed by atoms with van der Waals surface area (Å²) in [6.45, 7) is 2.01. The highest BCUT2D eigenvalue weighted by atomic mass is 35.5. The van der Waals surface area contributed by atoms with Gasteiger partial charge >= 0.3 is 6.18 Å². The third-order valence-electron chi connectivity index (χ3n) is 5.74. The van der Waals surface area contributed by atoms with Crippen LogP contribution in [0.25, 0.3) is 10.9 Å². The SMILES string of the molecule is COC[C@H](C)n1c(S[C@H](C(=O)Nc2cc(C(F)(F)F)ccc2Cl)c2ccccc2)nc2ccccc2c1=O. The van der Waals surface area contributed by atoms with Crippen molar-refractivity contribution in [1.29, 1.82) is 0 Å². The molecule has 0 saturated carbocycles. The maximum Gasteiger partial charge on any atom is 0.416 e. The molecule has 0 aliphatic carbocycles. The fourth-order valence-electron chi connectivity index (χ4n) is 3.91. The van der Waals surface area contributed by atoms with Crippen LogP contribution in [0.15, 0.2) is 82.7 Å². The van der Waals surface area contributed by atoms with Gasteiger partial charge in [0.15, 0.2) is 5.16 Å². The lowest BCUT2D eigenvalue weighted by Gasteiger charge is -2.22. The fourth-order valence-corrected chi connectivity index (χ4v) is 5.28. The van der Waals surface area contributed by atoms with Crippen LogP contribution in [-0.4, -0.2) is 29.2 Å². The zero-order chi connectivity index (χ0) is 27.4. The van der Waals surface area contributed by atoms with Crippen molar-refractivity contribution in [3.63, 3.8) is 0 Å². The van der Waals surface area contributed by atoms with Crippen molar-refractivity contribution >= 4 is 45.9 Å². The minimum atomic E-state index is -4.61. The number of anilines is 1. The van der Waals surface area contributed by atoms with Crippen molar-refractivity contribution in [1.82, 2.24) is 9.55 Å². The van der Waals surface area contributed by atoms with Crippen LogP contribution >= 0.6 is 23.4 Å². The predicted molar refractivity (Wildman–Crippen MR) is 143 cm³/mol. The molecule has 4 aromatic rings. The number of ether oxygens (including phenoxy) is 1. The minimum absolute atomic E-state index is 0.0439. The average Bonchev–Trinajstić information content (AvgIpc) is 2.88. The lowest BCUT2D eigenvalue weighted by molar-refractivity contribution is -0.137. The van der Waals surface area contributed by atoms with E-state index in [9.17, 15) is 22.8 Å². The van der Waals surface area contributed by atoms with Gasteiger partial charge < -0.3 is 10.1 Å². The Morgan fingerprint density at radius 1 is 1.11 bits per heavy atom. The number of alkyl halides is 3. The standard InChI is InChI=1S/C27H23ClF3N3O3S/c1-16(15-37-2)34-25(36)19-10-6-7-11-21(19)33-26(34)38-23(17-8-4-3-5-9-17)24(35)32-22-14-18(27(29,30)31)12-13-20(22)28/h3-14,16,23H,15H2,1-2H3,(H,32,35)/t16-,23-/m0/s1. The first-order valence-corrected chi connectivity index (χ1v) is 12.8. The molecule has 0 saturated heterocycles. The third-order valence-corrected chi connectivity index (χ3v) is 7.29. The molecule has 0 aliphatic rings. The van der Waals surface area contributed by atoms with Crippen molar-refractivity contribution in [3.8, 4) is 0 Å². The van der Waals surface area contributed by atoms with Gasteiger partial charge in [-0.25, -0.2) is 4.98 Å². The molecule has 4 rings (SSSR count). The summed E-state index contributed by atoms with van der Waals surface area (Å²) in [6, 6.07) is 17.9. The van der Waals surface area contributed by atoms with Crippen LogP contribution in [0.5, 0.6) is 0 Å². The number of fused-ring (bicyclic) bond motifs is 1. The molecule has 2 atom stereocenters. The van der Waals surface area contributed by atoms with Gasteiger partial charge in [-0.1, -0.05) is 65.8 Å². The normalized spacial score (nSPS) is 13.3. The molecule has 3 aromatic carbocycles. The maximum atomic E-state index is 13.6. The fraction of sp³-hybridized carbons (Fsp3) is 0.222. The van der Waals surface area contributed by atoms with Gasteiger partial charge in [0.25, 0.3) is 5.56 Å². The average molecular weight is 562 g/mol. The van der Waals surface area contributed by atoms with Crippen LogP contribution in [-0.2, 0) is 15.7 Å². The van der Waals surface area contributed by atoms with E-state index in [1.165, 1.54) is 11.7 Å². The maximum absolute atomic E-state index is 13.6. The number of methoxy groups -OCH3 is 1. The van der Waals surface area contributed by atoms with E-state index in [2.05, 4.69) is 10.3 Å². The molecule has 0 fully saturated rings. The number of rotatable bonds is 8. The van der Waals surface area contributed by atoms with Crippen LogP contribution in [0, 0.1) is 0 Å². The number of benzene rings is 3. The molecule has 1 heterocycles. The summed E-state index contributed by atoms with van der Waals surface area (Å²) >= 11 is 7.14. The van der Waals surface area contributed by atoms with E-state index in [-0.39, 0.29) is 28.0 Å². The quantitative estimate of drug-likeness (QED) is 0.190. The van der Waals surface area contributed by atoms with E-state index in [1.54, 1.807) is 61.5 Å². The summed E-state index contributed by atoms with van der Waals surface area (Å²) in [7, 11) is 1.52. The molecule has 6 nitrogen and oxygen atoms in total. The highest BCUT2D eigenvalue weighted by Crippen LogP contribution is 2.38. The number of carbonyl (C=O) groups is 1. The highest BCUT2D eigenvalue weighted by Gasteiger charge is 2.32. The smallest absolute Gasteiger partial charge is 0.383 e. The number of nitrogens with one attached hydrogen (secondary N) is 1. The molecule has 38 heavy (non-hydrogen) atoms. The van der Waals surface area contributed by atoms with Crippen LogP contribution in [0.3, 0.4) is 0 Å². The van der Waals surface area contributed by atoms with Gasteiger partial charge in [0, 0.05) is 7.11 Å². The second-order valence-corrected chi connectivity index (χ2v) is 9.96. The van der Waals surface area contributed by atoms with Gasteiger partial charge in [-0.3, -0.25) is 14.2 Å². The Hall–Kier alpha value is -3.34.